The van der Waals surface area contributed by atoms with E-state index in [1.54, 1.807) is 0 Å². The maximum absolute atomic E-state index is 11.7. The third-order valence-electron chi connectivity index (χ3n) is 3.51. The summed E-state index contributed by atoms with van der Waals surface area (Å²) >= 11 is 5.60. The predicted octanol–water partition coefficient (Wildman–Crippen LogP) is 2.47. The largest absolute Gasteiger partial charge is 0.340 e. The Morgan fingerprint density at radius 1 is 1.15 bits per heavy atom. The molecule has 0 radical (unpaired) electrons. The van der Waals surface area contributed by atoms with Crippen LogP contribution in [-0.4, -0.2) is 54.3 Å². The number of rotatable bonds is 5. The van der Waals surface area contributed by atoms with E-state index >= 15 is 0 Å². The van der Waals surface area contributed by atoms with E-state index in [1.165, 1.54) is 5.56 Å². The molecule has 0 unspecified atom stereocenters. The Morgan fingerprint density at radius 3 is 2.50 bits per heavy atom. The average molecular weight is 293 g/mol. The molecule has 0 N–H and O–H groups in total. The fourth-order valence-corrected chi connectivity index (χ4v) is 2.48. The number of carbonyl (C=O) groups is 1. The Hall–Kier alpha value is -1.32. The van der Waals surface area contributed by atoms with Gasteiger partial charge in [0, 0.05) is 45.0 Å². The molecule has 0 atom stereocenters. The molecule has 1 aliphatic rings. The number of amides is 1. The fourth-order valence-electron chi connectivity index (χ4n) is 2.32. The van der Waals surface area contributed by atoms with Crippen molar-refractivity contribution >= 4 is 23.6 Å². The minimum atomic E-state index is 0.180. The van der Waals surface area contributed by atoms with Gasteiger partial charge in [-0.2, -0.15) is 0 Å². The zero-order chi connectivity index (χ0) is 14.2. The number of benzene rings is 1. The van der Waals surface area contributed by atoms with E-state index in [9.17, 15) is 4.79 Å². The fraction of sp³-hybridized carbons (Fsp3) is 0.438. The molecule has 0 saturated carbocycles. The van der Waals surface area contributed by atoms with E-state index in [-0.39, 0.29) is 5.91 Å². The van der Waals surface area contributed by atoms with E-state index in [0.29, 0.717) is 12.3 Å². The Labute approximate surface area is 125 Å². The van der Waals surface area contributed by atoms with Gasteiger partial charge in [-0.05, 0) is 5.56 Å². The Bertz CT molecular complexity index is 439. The quantitative estimate of drug-likeness (QED) is 0.779. The van der Waals surface area contributed by atoms with Crippen LogP contribution in [0.3, 0.4) is 0 Å². The molecule has 1 fully saturated rings. The topological polar surface area (TPSA) is 23.6 Å². The van der Waals surface area contributed by atoms with Crippen LogP contribution in [0.1, 0.15) is 12.0 Å². The summed E-state index contributed by atoms with van der Waals surface area (Å²) < 4.78 is 0. The normalized spacial score (nSPS) is 16.8. The van der Waals surface area contributed by atoms with Gasteiger partial charge in [0.15, 0.2) is 0 Å². The lowest BCUT2D eigenvalue weighted by molar-refractivity contribution is -0.132. The van der Waals surface area contributed by atoms with Crippen molar-refractivity contribution in [3.05, 3.63) is 42.0 Å². The first kappa shape index (κ1) is 15.1. The highest BCUT2D eigenvalue weighted by Crippen LogP contribution is 2.06. The SMILES string of the molecule is O=C(CCCl)N1CCN(C/C=C/c2ccccc2)CC1. The van der Waals surface area contributed by atoms with Crippen LogP contribution in [0.5, 0.6) is 0 Å². The molecule has 2 rings (SSSR count). The van der Waals surface area contributed by atoms with Gasteiger partial charge < -0.3 is 4.90 Å². The number of hydrogen-bond acceptors (Lipinski definition) is 2. The molecule has 3 nitrogen and oxygen atoms in total. The van der Waals surface area contributed by atoms with E-state index in [1.807, 2.05) is 23.1 Å². The molecular weight excluding hydrogens is 272 g/mol. The second-order valence-corrected chi connectivity index (χ2v) is 5.31. The second kappa shape index (κ2) is 8.08. The van der Waals surface area contributed by atoms with E-state index in [0.717, 1.165) is 32.7 Å². The van der Waals surface area contributed by atoms with Crippen molar-refractivity contribution in [2.45, 2.75) is 6.42 Å². The van der Waals surface area contributed by atoms with E-state index < -0.39 is 0 Å². The average Bonchev–Trinajstić information content (AvgIpc) is 2.49. The summed E-state index contributed by atoms with van der Waals surface area (Å²) in [7, 11) is 0. The third-order valence-corrected chi connectivity index (χ3v) is 3.70. The van der Waals surface area contributed by atoms with Crippen molar-refractivity contribution in [3.8, 4) is 0 Å². The molecule has 0 bridgehead atoms. The van der Waals surface area contributed by atoms with Crippen molar-refractivity contribution in [2.24, 2.45) is 0 Å². The molecule has 108 valence electrons. The van der Waals surface area contributed by atoms with Gasteiger partial charge in [-0.25, -0.2) is 0 Å². The number of hydrogen-bond donors (Lipinski definition) is 0. The zero-order valence-corrected chi connectivity index (χ0v) is 12.4. The van der Waals surface area contributed by atoms with Gasteiger partial charge in [0.25, 0.3) is 0 Å². The Morgan fingerprint density at radius 2 is 1.85 bits per heavy atom. The van der Waals surface area contributed by atoms with Gasteiger partial charge >= 0.3 is 0 Å². The molecule has 1 aromatic carbocycles. The van der Waals surface area contributed by atoms with Crippen LogP contribution in [0.2, 0.25) is 0 Å². The highest BCUT2D eigenvalue weighted by atomic mass is 35.5. The number of halogens is 1. The van der Waals surface area contributed by atoms with Gasteiger partial charge in [-0.1, -0.05) is 42.5 Å². The molecule has 1 aliphatic heterocycles. The lowest BCUT2D eigenvalue weighted by Crippen LogP contribution is -2.48. The number of piperazine rings is 1. The smallest absolute Gasteiger partial charge is 0.223 e. The summed E-state index contributed by atoms with van der Waals surface area (Å²) in [5.74, 6) is 0.596. The standard InChI is InChI=1S/C16H21ClN2O/c17-9-8-16(20)19-13-11-18(12-14-19)10-4-7-15-5-2-1-3-6-15/h1-7H,8-14H2/b7-4+. The third kappa shape index (κ3) is 4.66. The van der Waals surface area contributed by atoms with Crippen LogP contribution in [0.4, 0.5) is 0 Å². The van der Waals surface area contributed by atoms with Crippen LogP contribution >= 0.6 is 11.6 Å². The summed E-state index contributed by atoms with van der Waals surface area (Å²) in [6.45, 7) is 4.44. The first-order valence-corrected chi connectivity index (χ1v) is 7.61. The minimum Gasteiger partial charge on any atom is -0.340 e. The van der Waals surface area contributed by atoms with Gasteiger partial charge in [-0.15, -0.1) is 11.6 Å². The highest BCUT2D eigenvalue weighted by molar-refractivity contribution is 6.18. The molecule has 1 heterocycles. The summed E-state index contributed by atoms with van der Waals surface area (Å²) in [5.41, 5.74) is 1.23. The highest BCUT2D eigenvalue weighted by Gasteiger charge is 2.19. The van der Waals surface area contributed by atoms with Gasteiger partial charge in [0.1, 0.15) is 0 Å². The molecule has 1 saturated heterocycles. The summed E-state index contributed by atoms with van der Waals surface area (Å²) in [4.78, 5) is 16.0. The predicted molar refractivity (Wildman–Crippen MR) is 83.8 cm³/mol. The zero-order valence-electron chi connectivity index (χ0n) is 11.7. The van der Waals surface area contributed by atoms with E-state index in [4.69, 9.17) is 11.6 Å². The van der Waals surface area contributed by atoms with Crippen LogP contribution in [-0.2, 0) is 4.79 Å². The summed E-state index contributed by atoms with van der Waals surface area (Å²) in [6, 6.07) is 10.3. The van der Waals surface area contributed by atoms with Crippen LogP contribution in [0.25, 0.3) is 6.08 Å². The minimum absolute atomic E-state index is 0.180. The summed E-state index contributed by atoms with van der Waals surface area (Å²) in [6.07, 6.45) is 4.78. The molecule has 0 aromatic heterocycles. The van der Waals surface area contributed by atoms with Crippen molar-refractivity contribution < 1.29 is 4.79 Å². The second-order valence-electron chi connectivity index (χ2n) is 4.93. The first-order chi connectivity index (χ1) is 9.79. The van der Waals surface area contributed by atoms with Gasteiger partial charge in [0.05, 0.1) is 0 Å². The monoisotopic (exact) mass is 292 g/mol. The molecular formula is C16H21ClN2O. The molecule has 0 spiro atoms. The van der Waals surface area contributed by atoms with Crippen LogP contribution in [0.15, 0.2) is 36.4 Å². The van der Waals surface area contributed by atoms with Crippen molar-refractivity contribution in [2.75, 3.05) is 38.6 Å². The first-order valence-electron chi connectivity index (χ1n) is 7.07. The Balaban J connectivity index is 1.72. The maximum Gasteiger partial charge on any atom is 0.223 e. The molecule has 4 heteroatoms. The van der Waals surface area contributed by atoms with Crippen molar-refractivity contribution in [1.29, 1.82) is 0 Å². The maximum atomic E-state index is 11.7. The van der Waals surface area contributed by atoms with Crippen molar-refractivity contribution in [1.82, 2.24) is 9.80 Å². The summed E-state index contributed by atoms with van der Waals surface area (Å²) in [5, 5.41) is 0. The van der Waals surface area contributed by atoms with Crippen molar-refractivity contribution in [3.63, 3.8) is 0 Å². The van der Waals surface area contributed by atoms with Crippen LogP contribution < -0.4 is 0 Å². The molecule has 1 aromatic rings. The number of nitrogens with zero attached hydrogens (tertiary/aromatic N) is 2. The molecule has 0 aliphatic carbocycles. The van der Waals surface area contributed by atoms with Crippen LogP contribution in [0, 0.1) is 0 Å². The lowest BCUT2D eigenvalue weighted by Gasteiger charge is -2.34. The lowest BCUT2D eigenvalue weighted by atomic mass is 10.2. The van der Waals surface area contributed by atoms with Gasteiger partial charge in [0.2, 0.25) is 5.91 Å². The number of carbonyl (C=O) groups excluding carboxylic acids is 1. The molecule has 20 heavy (non-hydrogen) atoms. The number of alkyl halides is 1. The van der Waals surface area contributed by atoms with E-state index in [2.05, 4.69) is 29.2 Å². The van der Waals surface area contributed by atoms with Gasteiger partial charge in [-0.3, -0.25) is 9.69 Å². The Kier molecular flexibility index (Phi) is 6.09. The molecule has 1 amide bonds.